The highest BCUT2D eigenvalue weighted by molar-refractivity contribution is 5.94. The number of methoxy groups -OCH3 is 1. The molecule has 0 radical (unpaired) electrons. The summed E-state index contributed by atoms with van der Waals surface area (Å²) in [6.45, 7) is 1.93. The van der Waals surface area contributed by atoms with E-state index in [2.05, 4.69) is 31.0 Å². The van der Waals surface area contributed by atoms with Gasteiger partial charge in [0.25, 0.3) is 5.91 Å². The molecule has 1 saturated heterocycles. The first kappa shape index (κ1) is 21.7. The number of ether oxygens (including phenoxy) is 1. The van der Waals surface area contributed by atoms with Gasteiger partial charge in [0.15, 0.2) is 11.6 Å². The predicted molar refractivity (Wildman–Crippen MR) is 118 cm³/mol. The molecule has 3 N–H and O–H groups in total. The van der Waals surface area contributed by atoms with Crippen molar-refractivity contribution in [2.45, 2.75) is 25.3 Å². The van der Waals surface area contributed by atoms with Crippen LogP contribution in [0.5, 0.6) is 5.75 Å². The van der Waals surface area contributed by atoms with Crippen LogP contribution in [-0.4, -0.2) is 52.9 Å². The average molecular weight is 439 g/mol. The molecule has 4 rings (SSSR count). The lowest BCUT2D eigenvalue weighted by atomic mass is 10.0. The third-order valence-electron chi connectivity index (χ3n) is 5.48. The molecule has 0 unspecified atom stereocenters. The van der Waals surface area contributed by atoms with Gasteiger partial charge in [0, 0.05) is 37.7 Å². The van der Waals surface area contributed by atoms with Crippen LogP contribution in [0, 0.1) is 5.82 Å². The van der Waals surface area contributed by atoms with Crippen LogP contribution in [0.2, 0.25) is 0 Å². The fourth-order valence-electron chi connectivity index (χ4n) is 3.69. The van der Waals surface area contributed by atoms with Crippen molar-refractivity contribution in [3.8, 4) is 5.75 Å². The molecule has 0 aliphatic carbocycles. The molecule has 0 spiro atoms. The van der Waals surface area contributed by atoms with Crippen molar-refractivity contribution in [2.75, 3.05) is 32.6 Å². The van der Waals surface area contributed by atoms with Crippen LogP contribution >= 0.6 is 0 Å². The standard InChI is InChI=1S/C22H26FN7O2/c1-24-21(31)16-7-15(20(23)19(8-16)32-2)4-3-14-9-26-22(27-10-14)29-17-11-28-30(13-17)18-5-6-25-12-18/h7-11,13,18,25H,3-6,12H2,1-2H3,(H,24,31)(H,26,27,29)/t18-/m0/s1. The van der Waals surface area contributed by atoms with Crippen molar-refractivity contribution in [3.05, 3.63) is 59.4 Å². The van der Waals surface area contributed by atoms with E-state index in [0.29, 0.717) is 36.0 Å². The van der Waals surface area contributed by atoms with E-state index in [9.17, 15) is 9.18 Å². The van der Waals surface area contributed by atoms with E-state index in [0.717, 1.165) is 30.8 Å². The number of nitrogens with zero attached hydrogens (tertiary/aromatic N) is 4. The number of halogens is 1. The van der Waals surface area contributed by atoms with E-state index in [1.165, 1.54) is 20.2 Å². The number of nitrogens with one attached hydrogen (secondary N) is 3. The lowest BCUT2D eigenvalue weighted by Crippen LogP contribution is -2.18. The monoisotopic (exact) mass is 439 g/mol. The molecule has 1 aromatic carbocycles. The summed E-state index contributed by atoms with van der Waals surface area (Å²) in [6.07, 6.45) is 9.08. The van der Waals surface area contributed by atoms with Gasteiger partial charge in [-0.1, -0.05) is 0 Å². The van der Waals surface area contributed by atoms with Gasteiger partial charge in [-0.15, -0.1) is 0 Å². The molecule has 9 nitrogen and oxygen atoms in total. The van der Waals surface area contributed by atoms with Crippen molar-refractivity contribution in [3.63, 3.8) is 0 Å². The molecule has 3 aromatic rings. The summed E-state index contributed by atoms with van der Waals surface area (Å²) >= 11 is 0. The summed E-state index contributed by atoms with van der Waals surface area (Å²) in [6, 6.07) is 3.31. The fraction of sp³-hybridized carbons (Fsp3) is 0.364. The van der Waals surface area contributed by atoms with Crippen LogP contribution in [0.15, 0.2) is 36.9 Å². The first-order valence-corrected chi connectivity index (χ1v) is 10.5. The summed E-state index contributed by atoms with van der Waals surface area (Å²) < 4.78 is 21.7. The largest absolute Gasteiger partial charge is 0.494 e. The van der Waals surface area contributed by atoms with Gasteiger partial charge in [-0.25, -0.2) is 14.4 Å². The molecule has 2 aromatic heterocycles. The van der Waals surface area contributed by atoms with E-state index in [1.807, 2.05) is 10.9 Å². The number of amides is 1. The van der Waals surface area contributed by atoms with E-state index >= 15 is 0 Å². The minimum absolute atomic E-state index is 0.0471. The maximum atomic E-state index is 14.6. The van der Waals surface area contributed by atoms with Crippen molar-refractivity contribution in [2.24, 2.45) is 0 Å². The Labute approximate surface area is 185 Å². The minimum Gasteiger partial charge on any atom is -0.494 e. The number of rotatable bonds is 8. The summed E-state index contributed by atoms with van der Waals surface area (Å²) in [7, 11) is 2.91. The highest BCUT2D eigenvalue weighted by Gasteiger charge is 2.17. The molecule has 1 atom stereocenters. The van der Waals surface area contributed by atoms with Crippen molar-refractivity contribution < 1.29 is 13.9 Å². The number of carbonyl (C=O) groups excluding carboxylic acids is 1. The molecule has 1 fully saturated rings. The number of anilines is 2. The molecule has 1 aliphatic heterocycles. The first-order valence-electron chi connectivity index (χ1n) is 10.5. The second kappa shape index (κ2) is 9.73. The number of aromatic nitrogens is 4. The lowest BCUT2D eigenvalue weighted by Gasteiger charge is -2.11. The number of benzene rings is 1. The van der Waals surface area contributed by atoms with Gasteiger partial charge in [0.2, 0.25) is 5.95 Å². The van der Waals surface area contributed by atoms with Gasteiger partial charge in [-0.05, 0) is 49.1 Å². The second-order valence-corrected chi connectivity index (χ2v) is 7.63. The van der Waals surface area contributed by atoms with Crippen LogP contribution in [0.4, 0.5) is 16.0 Å². The molecule has 32 heavy (non-hydrogen) atoms. The van der Waals surface area contributed by atoms with Crippen molar-refractivity contribution in [1.82, 2.24) is 30.4 Å². The summed E-state index contributed by atoms with van der Waals surface area (Å²) in [5.74, 6) is -0.247. The Morgan fingerprint density at radius 1 is 1.28 bits per heavy atom. The number of hydrogen-bond donors (Lipinski definition) is 3. The fourth-order valence-corrected chi connectivity index (χ4v) is 3.69. The lowest BCUT2D eigenvalue weighted by molar-refractivity contribution is 0.0962. The highest BCUT2D eigenvalue weighted by Crippen LogP contribution is 2.24. The molecule has 1 aliphatic rings. The zero-order chi connectivity index (χ0) is 22.5. The quantitative estimate of drug-likeness (QED) is 0.494. The maximum absolute atomic E-state index is 14.6. The van der Waals surface area contributed by atoms with Gasteiger partial charge >= 0.3 is 0 Å². The Morgan fingerprint density at radius 2 is 2.09 bits per heavy atom. The molecule has 10 heteroatoms. The molecule has 0 saturated carbocycles. The van der Waals surface area contributed by atoms with Crippen molar-refractivity contribution >= 4 is 17.5 Å². The van der Waals surface area contributed by atoms with E-state index < -0.39 is 5.82 Å². The zero-order valence-corrected chi connectivity index (χ0v) is 18.1. The van der Waals surface area contributed by atoms with Gasteiger partial charge in [-0.2, -0.15) is 5.10 Å². The van der Waals surface area contributed by atoms with Gasteiger partial charge in [0.1, 0.15) is 0 Å². The maximum Gasteiger partial charge on any atom is 0.251 e. The third kappa shape index (κ3) is 4.86. The van der Waals surface area contributed by atoms with Gasteiger partial charge in [0.05, 0.1) is 25.0 Å². The topological polar surface area (TPSA) is 106 Å². The Bertz CT molecular complexity index is 1080. The smallest absolute Gasteiger partial charge is 0.251 e. The van der Waals surface area contributed by atoms with Crippen LogP contribution in [-0.2, 0) is 12.8 Å². The Balaban J connectivity index is 1.39. The SMILES string of the molecule is CNC(=O)c1cc(CCc2cnc(Nc3cnn([C@H]4CCNC4)c3)nc2)c(F)c(OC)c1. The molecule has 3 heterocycles. The molecule has 168 valence electrons. The van der Waals surface area contributed by atoms with Crippen LogP contribution in [0.1, 0.15) is 33.9 Å². The van der Waals surface area contributed by atoms with E-state index in [-0.39, 0.29) is 11.7 Å². The summed E-state index contributed by atoms with van der Waals surface area (Å²) in [5, 5.41) is 13.4. The van der Waals surface area contributed by atoms with Crippen LogP contribution in [0.3, 0.4) is 0 Å². The molecular weight excluding hydrogens is 413 g/mol. The Morgan fingerprint density at radius 3 is 2.78 bits per heavy atom. The van der Waals surface area contributed by atoms with E-state index in [1.54, 1.807) is 24.7 Å². The average Bonchev–Trinajstić information content (AvgIpc) is 3.51. The summed E-state index contributed by atoms with van der Waals surface area (Å²) in [5.41, 5.74) is 2.43. The van der Waals surface area contributed by atoms with Gasteiger partial charge < -0.3 is 20.7 Å². The Kier molecular flexibility index (Phi) is 6.60. The van der Waals surface area contributed by atoms with Crippen LogP contribution < -0.4 is 20.7 Å². The normalized spacial score (nSPS) is 15.5. The highest BCUT2D eigenvalue weighted by atomic mass is 19.1. The Hall–Kier alpha value is -3.53. The molecule has 1 amide bonds. The second-order valence-electron chi connectivity index (χ2n) is 7.63. The molecule has 0 bridgehead atoms. The molecular formula is C22H26FN7O2. The van der Waals surface area contributed by atoms with Crippen molar-refractivity contribution in [1.29, 1.82) is 0 Å². The summed E-state index contributed by atoms with van der Waals surface area (Å²) in [4.78, 5) is 20.7. The number of carbonyl (C=O) groups is 1. The van der Waals surface area contributed by atoms with Crippen LogP contribution in [0.25, 0.3) is 0 Å². The van der Waals surface area contributed by atoms with Gasteiger partial charge in [-0.3, -0.25) is 9.48 Å². The zero-order valence-electron chi connectivity index (χ0n) is 18.1. The number of hydrogen-bond acceptors (Lipinski definition) is 7. The minimum atomic E-state index is -0.464. The number of aryl methyl sites for hydroxylation is 2. The predicted octanol–water partition coefficient (Wildman–Crippen LogP) is 2.24. The van der Waals surface area contributed by atoms with E-state index in [4.69, 9.17) is 4.74 Å². The first-order chi connectivity index (χ1) is 15.6. The third-order valence-corrected chi connectivity index (χ3v) is 5.48.